The van der Waals surface area contributed by atoms with Crippen molar-refractivity contribution < 1.29 is 0 Å². The number of nitrogens with two attached hydrogens (primary N) is 1. The van der Waals surface area contributed by atoms with Crippen molar-refractivity contribution in [3.8, 4) is 6.07 Å². The topological polar surface area (TPSA) is 65.9 Å². The van der Waals surface area contributed by atoms with Crippen LogP contribution in [0.1, 0.15) is 18.1 Å². The Morgan fingerprint density at radius 2 is 2.33 bits per heavy atom. The Hall–Kier alpha value is -1.03. The number of halogens is 1. The van der Waals surface area contributed by atoms with Crippen LogP contribution in [0, 0.1) is 18.3 Å². The van der Waals surface area contributed by atoms with Crippen molar-refractivity contribution in [2.45, 2.75) is 13.8 Å². The van der Waals surface area contributed by atoms with Crippen LogP contribution in [-0.2, 0) is 0 Å². The van der Waals surface area contributed by atoms with Crippen LogP contribution < -0.4 is 10.6 Å². The highest BCUT2D eigenvalue weighted by atomic mass is 127. The fourth-order valence-electron chi connectivity index (χ4n) is 1.34. The number of pyridine rings is 1. The lowest BCUT2D eigenvalue weighted by Gasteiger charge is -2.21. The van der Waals surface area contributed by atoms with E-state index in [2.05, 4.69) is 33.6 Å². The van der Waals surface area contributed by atoms with Crippen molar-refractivity contribution in [2.24, 2.45) is 0 Å². The Labute approximate surface area is 103 Å². The van der Waals surface area contributed by atoms with E-state index >= 15 is 0 Å². The average Bonchev–Trinajstić information content (AvgIpc) is 2.19. The van der Waals surface area contributed by atoms with Gasteiger partial charge in [-0.05, 0) is 25.5 Å². The molecule has 1 aromatic heterocycles. The predicted molar refractivity (Wildman–Crippen MR) is 70.0 cm³/mol. The van der Waals surface area contributed by atoms with Crippen LogP contribution in [0.3, 0.4) is 0 Å². The van der Waals surface area contributed by atoms with Crippen LogP contribution in [-0.4, -0.2) is 16.1 Å². The Balaban J connectivity index is 3.32. The molecule has 2 N–H and O–H groups in total. The normalized spacial score (nSPS) is 9.73. The first-order valence-electron chi connectivity index (χ1n) is 4.62. The van der Waals surface area contributed by atoms with Crippen LogP contribution in [0.2, 0.25) is 0 Å². The smallest absolute Gasteiger partial charge is 0.149 e. The van der Waals surface area contributed by atoms with Crippen molar-refractivity contribution in [1.29, 1.82) is 5.26 Å². The van der Waals surface area contributed by atoms with Gasteiger partial charge in [0.2, 0.25) is 0 Å². The van der Waals surface area contributed by atoms with Gasteiger partial charge in [0.15, 0.2) is 0 Å². The molecule has 0 spiro atoms. The zero-order valence-electron chi connectivity index (χ0n) is 8.79. The highest BCUT2D eigenvalue weighted by molar-refractivity contribution is 14.1. The van der Waals surface area contributed by atoms with Gasteiger partial charge in [-0.2, -0.15) is 5.26 Å². The molecule has 0 saturated heterocycles. The summed E-state index contributed by atoms with van der Waals surface area (Å²) in [6, 6.07) is 3.90. The molecule has 0 aromatic carbocycles. The van der Waals surface area contributed by atoms with E-state index in [1.807, 2.05) is 18.7 Å². The van der Waals surface area contributed by atoms with E-state index in [-0.39, 0.29) is 0 Å². The third-order valence-corrected chi connectivity index (χ3v) is 2.98. The molecule has 80 valence electrons. The molecule has 0 fully saturated rings. The van der Waals surface area contributed by atoms with Gasteiger partial charge in [0, 0.05) is 6.54 Å². The van der Waals surface area contributed by atoms with Crippen LogP contribution in [0.15, 0.2) is 6.07 Å². The first-order chi connectivity index (χ1) is 7.13. The van der Waals surface area contributed by atoms with Gasteiger partial charge in [0.05, 0.1) is 10.1 Å². The molecule has 0 atom stereocenters. The first kappa shape index (κ1) is 12.0. The minimum atomic E-state index is 0.463. The largest absolute Gasteiger partial charge is 0.384 e. The average molecular weight is 316 g/mol. The molecule has 0 aliphatic carbocycles. The predicted octanol–water partition coefficient (Wildman–Crippen LogP) is 2.06. The van der Waals surface area contributed by atoms with Gasteiger partial charge in [-0.25, -0.2) is 4.98 Å². The van der Waals surface area contributed by atoms with Gasteiger partial charge in [0.1, 0.15) is 17.7 Å². The molecule has 0 aliphatic heterocycles. The van der Waals surface area contributed by atoms with E-state index in [4.69, 9.17) is 11.0 Å². The number of alkyl halides is 1. The molecule has 0 bridgehead atoms. The number of rotatable bonds is 3. The first-order valence-corrected chi connectivity index (χ1v) is 6.14. The second kappa shape index (κ2) is 5.16. The molecule has 0 radical (unpaired) electrons. The zero-order chi connectivity index (χ0) is 11.4. The highest BCUT2D eigenvalue weighted by Crippen LogP contribution is 2.23. The summed E-state index contributed by atoms with van der Waals surface area (Å²) in [6.07, 6.45) is 0. The number of anilines is 2. The second-order valence-electron chi connectivity index (χ2n) is 3.15. The lowest BCUT2D eigenvalue weighted by molar-refractivity contribution is 0.926. The molecule has 15 heavy (non-hydrogen) atoms. The fourth-order valence-corrected chi connectivity index (χ4v) is 2.14. The van der Waals surface area contributed by atoms with Crippen LogP contribution in [0.25, 0.3) is 0 Å². The van der Waals surface area contributed by atoms with E-state index in [1.54, 1.807) is 6.07 Å². The number of hydrogen-bond donors (Lipinski definition) is 1. The quantitative estimate of drug-likeness (QED) is 0.527. The molecule has 1 aromatic rings. The van der Waals surface area contributed by atoms with Gasteiger partial charge >= 0.3 is 0 Å². The number of aryl methyl sites for hydroxylation is 1. The Morgan fingerprint density at radius 1 is 1.67 bits per heavy atom. The summed E-state index contributed by atoms with van der Waals surface area (Å²) in [5.74, 6) is 1.15. The SMILES string of the molecule is CCN(CI)c1nc(N)cc(C)c1C#N. The number of nitrogens with zero attached hydrogens (tertiary/aromatic N) is 3. The van der Waals surface area contributed by atoms with Crippen molar-refractivity contribution in [2.75, 3.05) is 21.7 Å². The van der Waals surface area contributed by atoms with Gasteiger partial charge in [-0.15, -0.1) is 0 Å². The minimum absolute atomic E-state index is 0.463. The summed E-state index contributed by atoms with van der Waals surface area (Å²) in [4.78, 5) is 6.24. The Kier molecular flexibility index (Phi) is 4.15. The minimum Gasteiger partial charge on any atom is -0.384 e. The highest BCUT2D eigenvalue weighted by Gasteiger charge is 2.13. The Bertz CT molecular complexity index is 393. The molecule has 0 amide bonds. The molecule has 0 aliphatic rings. The zero-order valence-corrected chi connectivity index (χ0v) is 10.9. The molecule has 0 saturated carbocycles. The maximum Gasteiger partial charge on any atom is 0.149 e. The number of nitrogen functional groups attached to an aromatic ring is 1. The van der Waals surface area contributed by atoms with Crippen molar-refractivity contribution in [1.82, 2.24) is 4.98 Å². The summed E-state index contributed by atoms with van der Waals surface area (Å²) in [5.41, 5.74) is 7.17. The number of hydrogen-bond acceptors (Lipinski definition) is 4. The third-order valence-electron chi connectivity index (χ3n) is 2.15. The molecule has 4 nitrogen and oxygen atoms in total. The van der Waals surface area contributed by atoms with E-state index in [0.717, 1.165) is 16.7 Å². The van der Waals surface area contributed by atoms with Crippen LogP contribution in [0.4, 0.5) is 11.6 Å². The molecular formula is C10H13IN4. The summed E-state index contributed by atoms with van der Waals surface area (Å²) in [6.45, 7) is 4.72. The van der Waals surface area contributed by atoms with Crippen LogP contribution >= 0.6 is 22.6 Å². The number of aromatic nitrogens is 1. The van der Waals surface area contributed by atoms with Gasteiger partial charge in [-0.1, -0.05) is 22.6 Å². The van der Waals surface area contributed by atoms with E-state index in [9.17, 15) is 0 Å². The summed E-state index contributed by atoms with van der Waals surface area (Å²) in [5, 5.41) is 9.07. The summed E-state index contributed by atoms with van der Waals surface area (Å²) in [7, 11) is 0. The van der Waals surface area contributed by atoms with Crippen molar-refractivity contribution in [3.05, 3.63) is 17.2 Å². The van der Waals surface area contributed by atoms with E-state index in [1.165, 1.54) is 0 Å². The van der Waals surface area contributed by atoms with Crippen molar-refractivity contribution in [3.63, 3.8) is 0 Å². The molecule has 1 rings (SSSR count). The third kappa shape index (κ3) is 2.50. The molecule has 1 heterocycles. The fraction of sp³-hybridized carbons (Fsp3) is 0.400. The molecule has 0 unspecified atom stereocenters. The maximum absolute atomic E-state index is 9.07. The lowest BCUT2D eigenvalue weighted by atomic mass is 10.1. The van der Waals surface area contributed by atoms with Gasteiger partial charge in [0.25, 0.3) is 0 Å². The van der Waals surface area contributed by atoms with E-state index < -0.39 is 0 Å². The molecular weight excluding hydrogens is 303 g/mol. The Morgan fingerprint density at radius 3 is 2.80 bits per heavy atom. The monoisotopic (exact) mass is 316 g/mol. The van der Waals surface area contributed by atoms with Gasteiger partial charge in [-0.3, -0.25) is 0 Å². The van der Waals surface area contributed by atoms with Gasteiger partial charge < -0.3 is 10.6 Å². The van der Waals surface area contributed by atoms with Crippen LogP contribution in [0.5, 0.6) is 0 Å². The lowest BCUT2D eigenvalue weighted by Crippen LogP contribution is -2.23. The number of nitriles is 1. The second-order valence-corrected chi connectivity index (χ2v) is 3.83. The maximum atomic E-state index is 9.07. The van der Waals surface area contributed by atoms with E-state index in [0.29, 0.717) is 17.2 Å². The molecule has 5 heteroatoms. The summed E-state index contributed by atoms with van der Waals surface area (Å²) < 4.78 is 0.791. The summed E-state index contributed by atoms with van der Waals surface area (Å²) >= 11 is 2.25. The van der Waals surface area contributed by atoms with Crippen molar-refractivity contribution >= 4 is 34.2 Å². The standard InChI is InChI=1S/C10H13IN4/c1-3-15(6-11)10-8(5-12)7(2)4-9(13)14-10/h4H,3,6H2,1-2H3,(H2,13,14).